The Hall–Kier alpha value is -1.40. The van der Waals surface area contributed by atoms with Crippen LogP contribution in [0.4, 0.5) is 0 Å². The van der Waals surface area contributed by atoms with Crippen LogP contribution in [0.2, 0.25) is 0 Å². The second-order valence-corrected chi connectivity index (χ2v) is 4.11. The van der Waals surface area contributed by atoms with Crippen molar-refractivity contribution in [2.24, 2.45) is 0 Å². The van der Waals surface area contributed by atoms with Gasteiger partial charge in [-0.2, -0.15) is 0 Å². The maximum absolute atomic E-state index is 9.20. The van der Waals surface area contributed by atoms with Crippen LogP contribution in [0, 0.1) is 4.77 Å². The number of hydrogen-bond donors (Lipinski definition) is 2. The molecule has 0 radical (unpaired) electrons. The fourth-order valence-corrected chi connectivity index (χ4v) is 2.16. The van der Waals surface area contributed by atoms with Gasteiger partial charge in [0.05, 0.1) is 24.7 Å². The Morgan fingerprint density at radius 1 is 1.62 bits per heavy atom. The van der Waals surface area contributed by atoms with Gasteiger partial charge in [0.1, 0.15) is 0 Å². The van der Waals surface area contributed by atoms with E-state index >= 15 is 0 Å². The molecule has 86 valence electrons. The van der Waals surface area contributed by atoms with Crippen LogP contribution in [-0.4, -0.2) is 24.2 Å². The molecule has 2 aromatic rings. The first-order valence-corrected chi connectivity index (χ1v) is 5.48. The number of aromatic amines is 1. The number of nitrogens with one attached hydrogen (secondary N) is 1. The molecule has 0 fully saturated rings. The number of imidazole rings is 2. The second kappa shape index (κ2) is 4.63. The Labute approximate surface area is 98.4 Å². The van der Waals surface area contributed by atoms with Gasteiger partial charge in [0.25, 0.3) is 0 Å². The molecule has 16 heavy (non-hydrogen) atoms. The third kappa shape index (κ3) is 2.07. The van der Waals surface area contributed by atoms with Gasteiger partial charge in [0, 0.05) is 25.1 Å². The summed E-state index contributed by atoms with van der Waals surface area (Å²) in [5, 5.41) is 9.20. The van der Waals surface area contributed by atoms with E-state index in [0.29, 0.717) is 4.77 Å². The van der Waals surface area contributed by atoms with Gasteiger partial charge in [0.2, 0.25) is 0 Å². The monoisotopic (exact) mass is 238 g/mol. The van der Waals surface area contributed by atoms with Crippen molar-refractivity contribution in [3.8, 4) is 0 Å². The topological polar surface area (TPSA) is 58.8 Å². The Kier molecular flexibility index (Phi) is 3.21. The average Bonchev–Trinajstić information content (AvgIpc) is 2.87. The van der Waals surface area contributed by atoms with Crippen LogP contribution in [0.3, 0.4) is 0 Å². The van der Waals surface area contributed by atoms with Crippen molar-refractivity contribution in [1.29, 1.82) is 0 Å². The lowest BCUT2D eigenvalue weighted by Gasteiger charge is -2.16. The van der Waals surface area contributed by atoms with Crippen LogP contribution < -0.4 is 0 Å². The molecule has 0 aliphatic heterocycles. The maximum Gasteiger partial charge on any atom is 0.177 e. The van der Waals surface area contributed by atoms with Gasteiger partial charge in [-0.25, -0.2) is 4.98 Å². The van der Waals surface area contributed by atoms with E-state index in [9.17, 15) is 5.11 Å². The molecule has 0 spiro atoms. The van der Waals surface area contributed by atoms with Crippen LogP contribution in [0.1, 0.15) is 18.7 Å². The number of H-pyrrole nitrogens is 1. The minimum absolute atomic E-state index is 0.0125. The predicted octanol–water partition coefficient (Wildman–Crippen LogP) is 1.50. The number of aliphatic hydroxyl groups excluding tert-OH is 1. The molecular weight excluding hydrogens is 224 g/mol. The van der Waals surface area contributed by atoms with Crippen LogP contribution in [0.25, 0.3) is 0 Å². The van der Waals surface area contributed by atoms with Gasteiger partial charge in [0.15, 0.2) is 4.77 Å². The first-order chi connectivity index (χ1) is 7.72. The van der Waals surface area contributed by atoms with Crippen molar-refractivity contribution >= 4 is 12.2 Å². The standard InChI is InChI=1S/C10H14N4OS/c1-8(5-13-3-2-11-7-13)14-9(6-15)4-12-10(14)16/h2-4,7-8,15H,5-6H2,1H3,(H,12,16). The summed E-state index contributed by atoms with van der Waals surface area (Å²) in [6.07, 6.45) is 7.17. The number of aromatic nitrogens is 4. The zero-order chi connectivity index (χ0) is 11.5. The van der Waals surface area contributed by atoms with Crippen molar-refractivity contribution in [3.05, 3.63) is 35.4 Å². The molecule has 5 nitrogen and oxygen atoms in total. The number of hydrogen-bond acceptors (Lipinski definition) is 3. The van der Waals surface area contributed by atoms with Gasteiger partial charge in [-0.1, -0.05) is 0 Å². The average molecular weight is 238 g/mol. The zero-order valence-electron chi connectivity index (χ0n) is 9.00. The summed E-state index contributed by atoms with van der Waals surface area (Å²) in [5.41, 5.74) is 0.803. The SMILES string of the molecule is CC(Cn1ccnc1)n1c(CO)c[nH]c1=S. The van der Waals surface area contributed by atoms with Crippen LogP contribution in [0.5, 0.6) is 0 Å². The quantitative estimate of drug-likeness (QED) is 0.793. The molecule has 6 heteroatoms. The van der Waals surface area contributed by atoms with Gasteiger partial charge in [-0.15, -0.1) is 0 Å². The van der Waals surface area contributed by atoms with Gasteiger partial charge in [-0.05, 0) is 19.1 Å². The molecule has 2 aromatic heterocycles. The largest absolute Gasteiger partial charge is 0.390 e. The summed E-state index contributed by atoms with van der Waals surface area (Å²) >= 11 is 5.18. The van der Waals surface area contributed by atoms with Crippen molar-refractivity contribution in [1.82, 2.24) is 19.1 Å². The molecule has 0 saturated carbocycles. The number of aliphatic hydroxyl groups is 1. The molecule has 1 unspecified atom stereocenters. The highest BCUT2D eigenvalue weighted by Gasteiger charge is 2.10. The molecule has 2 N–H and O–H groups in total. The molecule has 0 aromatic carbocycles. The zero-order valence-corrected chi connectivity index (χ0v) is 9.81. The molecule has 0 aliphatic rings. The summed E-state index contributed by atoms with van der Waals surface area (Å²) in [6.45, 7) is 2.82. The summed E-state index contributed by atoms with van der Waals surface area (Å²) < 4.78 is 4.55. The number of rotatable bonds is 4. The lowest BCUT2D eigenvalue weighted by molar-refractivity contribution is 0.264. The lowest BCUT2D eigenvalue weighted by atomic mass is 10.3. The highest BCUT2D eigenvalue weighted by molar-refractivity contribution is 7.71. The maximum atomic E-state index is 9.20. The fourth-order valence-electron chi connectivity index (χ4n) is 1.80. The van der Waals surface area contributed by atoms with Crippen LogP contribution in [-0.2, 0) is 13.2 Å². The molecule has 0 saturated heterocycles. The van der Waals surface area contributed by atoms with E-state index in [0.717, 1.165) is 12.2 Å². The number of nitrogens with zero attached hydrogens (tertiary/aromatic N) is 3. The molecule has 0 bridgehead atoms. The summed E-state index contributed by atoms with van der Waals surface area (Å²) in [4.78, 5) is 6.93. The Bertz CT molecular complexity index is 499. The Morgan fingerprint density at radius 2 is 2.44 bits per heavy atom. The highest BCUT2D eigenvalue weighted by Crippen LogP contribution is 2.13. The summed E-state index contributed by atoms with van der Waals surface area (Å²) in [6, 6.07) is 0.176. The minimum atomic E-state index is -0.0125. The first kappa shape index (κ1) is 11.1. The van der Waals surface area contributed by atoms with E-state index in [-0.39, 0.29) is 12.6 Å². The normalized spacial score (nSPS) is 12.9. The minimum Gasteiger partial charge on any atom is -0.390 e. The van der Waals surface area contributed by atoms with Crippen molar-refractivity contribution < 1.29 is 5.11 Å². The molecule has 2 rings (SSSR count). The molecule has 1 atom stereocenters. The van der Waals surface area contributed by atoms with E-state index in [4.69, 9.17) is 12.2 Å². The van der Waals surface area contributed by atoms with E-state index < -0.39 is 0 Å². The Balaban J connectivity index is 2.23. The smallest absolute Gasteiger partial charge is 0.177 e. The first-order valence-electron chi connectivity index (χ1n) is 5.07. The molecular formula is C10H14N4OS. The van der Waals surface area contributed by atoms with E-state index in [1.54, 1.807) is 18.7 Å². The molecule has 2 heterocycles. The van der Waals surface area contributed by atoms with E-state index in [1.165, 1.54) is 0 Å². The lowest BCUT2D eigenvalue weighted by Crippen LogP contribution is -2.14. The van der Waals surface area contributed by atoms with Gasteiger partial charge >= 0.3 is 0 Å². The third-order valence-electron chi connectivity index (χ3n) is 2.53. The highest BCUT2D eigenvalue weighted by atomic mass is 32.1. The second-order valence-electron chi connectivity index (χ2n) is 3.72. The predicted molar refractivity (Wildman–Crippen MR) is 62.5 cm³/mol. The van der Waals surface area contributed by atoms with Gasteiger partial charge in [-0.3, -0.25) is 0 Å². The van der Waals surface area contributed by atoms with Crippen LogP contribution >= 0.6 is 12.2 Å². The van der Waals surface area contributed by atoms with Crippen molar-refractivity contribution in [3.63, 3.8) is 0 Å². The van der Waals surface area contributed by atoms with Gasteiger partial charge < -0.3 is 19.2 Å². The molecule has 0 aliphatic carbocycles. The third-order valence-corrected chi connectivity index (χ3v) is 2.84. The summed E-state index contributed by atoms with van der Waals surface area (Å²) in [5.74, 6) is 0. The van der Waals surface area contributed by atoms with E-state index in [1.807, 2.05) is 15.3 Å². The van der Waals surface area contributed by atoms with Crippen LogP contribution in [0.15, 0.2) is 24.9 Å². The van der Waals surface area contributed by atoms with E-state index in [2.05, 4.69) is 16.9 Å². The fraction of sp³-hybridized carbons (Fsp3) is 0.400. The summed E-state index contributed by atoms with van der Waals surface area (Å²) in [7, 11) is 0. The van der Waals surface area contributed by atoms with Crippen molar-refractivity contribution in [2.75, 3.05) is 0 Å². The Morgan fingerprint density at radius 3 is 3.06 bits per heavy atom. The molecule has 0 amide bonds. The van der Waals surface area contributed by atoms with Crippen molar-refractivity contribution in [2.45, 2.75) is 26.1 Å².